The zero-order valence-electron chi connectivity index (χ0n) is 12.1. The normalized spacial score (nSPS) is 15.4. The van der Waals surface area contributed by atoms with Crippen LogP contribution in [-0.4, -0.2) is 38.1 Å². The average Bonchev–Trinajstić information content (AvgIpc) is 2.26. The van der Waals surface area contributed by atoms with Gasteiger partial charge in [0, 0.05) is 6.04 Å². The molecule has 16 heavy (non-hydrogen) atoms. The lowest BCUT2D eigenvalue weighted by Crippen LogP contribution is -2.33. The van der Waals surface area contributed by atoms with Gasteiger partial charge in [-0.2, -0.15) is 0 Å². The van der Waals surface area contributed by atoms with Crippen molar-refractivity contribution in [3.8, 4) is 0 Å². The van der Waals surface area contributed by atoms with E-state index in [9.17, 15) is 0 Å². The van der Waals surface area contributed by atoms with Gasteiger partial charge in [-0.3, -0.25) is 0 Å². The maximum Gasteiger partial charge on any atom is 0.00510 e. The highest BCUT2D eigenvalue weighted by Crippen LogP contribution is 2.11. The highest BCUT2D eigenvalue weighted by molar-refractivity contribution is 4.67. The molecule has 0 aromatic rings. The summed E-state index contributed by atoms with van der Waals surface area (Å²) in [6, 6.07) is 0.651. The summed E-state index contributed by atoms with van der Waals surface area (Å²) >= 11 is 0. The Hall–Kier alpha value is -0.0800. The van der Waals surface area contributed by atoms with Gasteiger partial charge >= 0.3 is 0 Å². The van der Waals surface area contributed by atoms with Crippen molar-refractivity contribution in [1.82, 2.24) is 10.2 Å². The molecule has 0 rings (SSSR count). The van der Waals surface area contributed by atoms with Gasteiger partial charge in [0.25, 0.3) is 0 Å². The molecule has 98 valence electrons. The predicted octanol–water partition coefficient (Wildman–Crippen LogP) is 3.13. The van der Waals surface area contributed by atoms with Crippen LogP contribution in [-0.2, 0) is 0 Å². The van der Waals surface area contributed by atoms with Crippen LogP contribution in [0.1, 0.15) is 52.9 Å². The summed E-state index contributed by atoms with van der Waals surface area (Å²) in [6.07, 6.45) is 6.66. The van der Waals surface area contributed by atoms with E-state index in [0.29, 0.717) is 6.04 Å². The molecule has 0 aliphatic rings. The molecular formula is C14H32N2. The lowest BCUT2D eigenvalue weighted by molar-refractivity contribution is 0.344. The van der Waals surface area contributed by atoms with Gasteiger partial charge in [0.05, 0.1) is 0 Å². The Morgan fingerprint density at radius 3 is 2.31 bits per heavy atom. The van der Waals surface area contributed by atoms with Crippen molar-refractivity contribution in [3.63, 3.8) is 0 Å². The second-order valence-electron chi connectivity index (χ2n) is 5.32. The van der Waals surface area contributed by atoms with Crippen molar-refractivity contribution in [2.24, 2.45) is 5.92 Å². The minimum absolute atomic E-state index is 0.651. The lowest BCUT2D eigenvalue weighted by atomic mass is 9.99. The van der Waals surface area contributed by atoms with Gasteiger partial charge in [0.2, 0.25) is 0 Å². The lowest BCUT2D eigenvalue weighted by Gasteiger charge is -2.20. The van der Waals surface area contributed by atoms with E-state index >= 15 is 0 Å². The van der Waals surface area contributed by atoms with Crippen LogP contribution >= 0.6 is 0 Å². The fourth-order valence-electron chi connectivity index (χ4n) is 1.87. The van der Waals surface area contributed by atoms with Gasteiger partial charge in [-0.1, -0.05) is 33.1 Å². The van der Waals surface area contributed by atoms with Crippen molar-refractivity contribution in [1.29, 1.82) is 0 Å². The van der Waals surface area contributed by atoms with Gasteiger partial charge in [0.1, 0.15) is 0 Å². The van der Waals surface area contributed by atoms with Crippen molar-refractivity contribution >= 4 is 0 Å². The van der Waals surface area contributed by atoms with Gasteiger partial charge in [-0.15, -0.1) is 0 Å². The first kappa shape index (κ1) is 15.9. The summed E-state index contributed by atoms with van der Waals surface area (Å²) in [5, 5.41) is 3.67. The summed E-state index contributed by atoms with van der Waals surface area (Å²) in [4.78, 5) is 2.26. The zero-order valence-corrected chi connectivity index (χ0v) is 12.1. The molecule has 0 radical (unpaired) electrons. The molecule has 0 saturated carbocycles. The molecule has 0 bridgehead atoms. The van der Waals surface area contributed by atoms with Gasteiger partial charge in [-0.25, -0.2) is 0 Å². The van der Waals surface area contributed by atoms with E-state index in [1.54, 1.807) is 0 Å². The summed E-state index contributed by atoms with van der Waals surface area (Å²) in [5.74, 6) is 0.877. The SMILES string of the molecule is CCCCC(CC)CNC(C)CCN(C)C. The van der Waals surface area contributed by atoms with Gasteiger partial charge in [0.15, 0.2) is 0 Å². The van der Waals surface area contributed by atoms with Crippen LogP contribution in [0, 0.1) is 5.92 Å². The van der Waals surface area contributed by atoms with Gasteiger partial charge in [-0.05, 0) is 52.9 Å². The molecule has 1 N–H and O–H groups in total. The van der Waals surface area contributed by atoms with E-state index in [4.69, 9.17) is 0 Å². The van der Waals surface area contributed by atoms with Crippen LogP contribution in [0.2, 0.25) is 0 Å². The molecule has 0 aliphatic heterocycles. The molecular weight excluding hydrogens is 196 g/mol. The maximum absolute atomic E-state index is 3.67. The van der Waals surface area contributed by atoms with Crippen LogP contribution in [0.3, 0.4) is 0 Å². The first-order valence-electron chi connectivity index (χ1n) is 6.98. The van der Waals surface area contributed by atoms with Crippen LogP contribution in [0.25, 0.3) is 0 Å². The number of hydrogen-bond acceptors (Lipinski definition) is 2. The highest BCUT2D eigenvalue weighted by Gasteiger charge is 2.08. The molecule has 2 heteroatoms. The molecule has 0 fully saturated rings. The second kappa shape index (κ2) is 10.1. The predicted molar refractivity (Wildman–Crippen MR) is 73.9 cm³/mol. The Balaban J connectivity index is 3.57. The third kappa shape index (κ3) is 9.17. The summed E-state index contributed by atoms with van der Waals surface area (Å²) in [5.41, 5.74) is 0. The number of hydrogen-bond donors (Lipinski definition) is 1. The number of unbranched alkanes of at least 4 members (excludes halogenated alkanes) is 1. The van der Waals surface area contributed by atoms with Crippen LogP contribution in [0.5, 0.6) is 0 Å². The highest BCUT2D eigenvalue weighted by atomic mass is 15.1. The van der Waals surface area contributed by atoms with Crippen molar-refractivity contribution in [2.45, 2.75) is 58.9 Å². The molecule has 0 spiro atoms. The molecule has 2 unspecified atom stereocenters. The van der Waals surface area contributed by atoms with E-state index in [1.165, 1.54) is 45.2 Å². The fraction of sp³-hybridized carbons (Fsp3) is 1.00. The third-order valence-corrected chi connectivity index (χ3v) is 3.31. The summed E-state index contributed by atoms with van der Waals surface area (Å²) in [6.45, 7) is 9.27. The fourth-order valence-corrected chi connectivity index (χ4v) is 1.87. The molecule has 0 aromatic carbocycles. The van der Waals surface area contributed by atoms with E-state index in [-0.39, 0.29) is 0 Å². The molecule has 0 aromatic heterocycles. The number of rotatable bonds is 10. The Morgan fingerprint density at radius 2 is 1.81 bits per heavy atom. The Kier molecular flexibility index (Phi) is 10.0. The van der Waals surface area contributed by atoms with Crippen molar-refractivity contribution in [2.75, 3.05) is 27.2 Å². The minimum Gasteiger partial charge on any atom is -0.314 e. The quantitative estimate of drug-likeness (QED) is 0.618. The smallest absolute Gasteiger partial charge is 0.00510 e. The monoisotopic (exact) mass is 228 g/mol. The number of nitrogens with one attached hydrogen (secondary N) is 1. The standard InChI is InChI=1S/C14H32N2/c1-6-8-9-14(7-2)12-15-13(3)10-11-16(4)5/h13-15H,6-12H2,1-5H3. The third-order valence-electron chi connectivity index (χ3n) is 3.31. The maximum atomic E-state index is 3.67. The summed E-state index contributed by atoms with van der Waals surface area (Å²) < 4.78 is 0. The average molecular weight is 228 g/mol. The first-order chi connectivity index (χ1) is 7.60. The summed E-state index contributed by atoms with van der Waals surface area (Å²) in [7, 11) is 4.28. The van der Waals surface area contributed by atoms with E-state index in [0.717, 1.165) is 5.92 Å². The second-order valence-corrected chi connectivity index (χ2v) is 5.32. The van der Waals surface area contributed by atoms with E-state index in [1.807, 2.05) is 0 Å². The zero-order chi connectivity index (χ0) is 12.4. The molecule has 0 heterocycles. The Labute approximate surface area is 103 Å². The molecule has 2 nitrogen and oxygen atoms in total. The van der Waals surface area contributed by atoms with Crippen LogP contribution in [0.4, 0.5) is 0 Å². The van der Waals surface area contributed by atoms with Gasteiger partial charge < -0.3 is 10.2 Å². The van der Waals surface area contributed by atoms with Crippen molar-refractivity contribution in [3.05, 3.63) is 0 Å². The van der Waals surface area contributed by atoms with E-state index < -0.39 is 0 Å². The minimum atomic E-state index is 0.651. The molecule has 2 atom stereocenters. The largest absolute Gasteiger partial charge is 0.314 e. The van der Waals surface area contributed by atoms with Crippen LogP contribution < -0.4 is 5.32 Å². The van der Waals surface area contributed by atoms with Crippen molar-refractivity contribution < 1.29 is 0 Å². The number of nitrogens with zero attached hydrogens (tertiary/aromatic N) is 1. The topological polar surface area (TPSA) is 15.3 Å². The van der Waals surface area contributed by atoms with Crippen LogP contribution in [0.15, 0.2) is 0 Å². The van der Waals surface area contributed by atoms with E-state index in [2.05, 4.69) is 45.1 Å². The first-order valence-corrected chi connectivity index (χ1v) is 6.98. The molecule has 0 saturated heterocycles. The molecule has 0 aliphatic carbocycles. The Bertz CT molecular complexity index is 146. The molecule has 0 amide bonds. The Morgan fingerprint density at radius 1 is 1.12 bits per heavy atom.